The van der Waals surface area contributed by atoms with E-state index in [4.69, 9.17) is 5.73 Å². The van der Waals surface area contributed by atoms with Gasteiger partial charge in [0.2, 0.25) is 0 Å². The van der Waals surface area contributed by atoms with E-state index in [0.717, 1.165) is 0 Å². The van der Waals surface area contributed by atoms with Crippen molar-refractivity contribution in [2.75, 3.05) is 24.7 Å². The number of fused-ring (bicyclic) bond motifs is 1. The Kier molecular flexibility index (Phi) is 3.27. The van der Waals surface area contributed by atoms with Crippen LogP contribution in [0.4, 0.5) is 15.9 Å². The van der Waals surface area contributed by atoms with Gasteiger partial charge in [0.25, 0.3) is 0 Å². The number of aromatic nitrogens is 1. The molecule has 5 nitrogen and oxygen atoms in total. The summed E-state index contributed by atoms with van der Waals surface area (Å²) in [7, 11) is 1.29. The molecule has 0 spiro atoms. The molecule has 0 amide bonds. The fourth-order valence-electron chi connectivity index (χ4n) is 1.65. The molecule has 0 saturated carbocycles. The van der Waals surface area contributed by atoms with Crippen molar-refractivity contribution < 1.29 is 13.9 Å². The topological polar surface area (TPSA) is 77.2 Å². The summed E-state index contributed by atoms with van der Waals surface area (Å²) in [6.07, 6.45) is 1.45. The summed E-state index contributed by atoms with van der Waals surface area (Å²) in [5.74, 6) is -0.471. The van der Waals surface area contributed by atoms with Gasteiger partial charge in [0.05, 0.1) is 12.5 Å². The average molecular weight is 249 g/mol. The predicted molar refractivity (Wildman–Crippen MR) is 66.6 cm³/mol. The number of pyridine rings is 1. The van der Waals surface area contributed by atoms with Gasteiger partial charge in [0.1, 0.15) is 18.2 Å². The lowest BCUT2D eigenvalue weighted by atomic mass is 10.1. The zero-order valence-electron chi connectivity index (χ0n) is 9.74. The first kappa shape index (κ1) is 12.1. The molecule has 94 valence electrons. The molecule has 2 rings (SSSR count). The van der Waals surface area contributed by atoms with Crippen LogP contribution in [0.15, 0.2) is 24.4 Å². The number of nitrogens with zero attached hydrogens (tertiary/aromatic N) is 1. The van der Waals surface area contributed by atoms with E-state index in [1.54, 1.807) is 0 Å². The quantitative estimate of drug-likeness (QED) is 0.637. The highest BCUT2D eigenvalue weighted by molar-refractivity contribution is 6.01. The molecule has 1 aromatic carbocycles. The Morgan fingerprint density at radius 3 is 3.00 bits per heavy atom. The van der Waals surface area contributed by atoms with E-state index >= 15 is 0 Å². The van der Waals surface area contributed by atoms with Crippen molar-refractivity contribution in [2.45, 2.75) is 0 Å². The second-order valence-electron chi connectivity index (χ2n) is 3.65. The molecule has 6 heteroatoms. The molecule has 0 atom stereocenters. The van der Waals surface area contributed by atoms with Crippen LogP contribution in [0.3, 0.4) is 0 Å². The van der Waals surface area contributed by atoms with Crippen LogP contribution in [0.1, 0.15) is 0 Å². The lowest BCUT2D eigenvalue weighted by molar-refractivity contribution is -0.138. The molecule has 1 aromatic heterocycles. The number of hydrogen-bond donors (Lipinski definition) is 2. The second-order valence-corrected chi connectivity index (χ2v) is 3.65. The number of halogens is 1. The van der Waals surface area contributed by atoms with Crippen LogP contribution >= 0.6 is 0 Å². The largest absolute Gasteiger partial charge is 0.468 e. The van der Waals surface area contributed by atoms with Gasteiger partial charge < -0.3 is 15.8 Å². The number of carbonyl (C=O) groups is 1. The van der Waals surface area contributed by atoms with E-state index in [0.29, 0.717) is 22.3 Å². The molecule has 2 aromatic rings. The van der Waals surface area contributed by atoms with E-state index in [2.05, 4.69) is 15.0 Å². The lowest BCUT2D eigenvalue weighted by Crippen LogP contribution is -2.16. The first-order valence-electron chi connectivity index (χ1n) is 5.27. The van der Waals surface area contributed by atoms with Gasteiger partial charge in [-0.2, -0.15) is 0 Å². The SMILES string of the molecule is COC(=O)CNc1nccc2c(F)ccc(N)c12. The number of nitrogen functional groups attached to an aromatic ring is 1. The monoisotopic (exact) mass is 249 g/mol. The molecular weight excluding hydrogens is 237 g/mol. The molecule has 0 fully saturated rings. The van der Waals surface area contributed by atoms with Gasteiger partial charge in [-0.1, -0.05) is 0 Å². The average Bonchev–Trinajstić information content (AvgIpc) is 2.40. The first-order chi connectivity index (χ1) is 8.63. The molecule has 0 unspecified atom stereocenters. The number of nitrogens with two attached hydrogens (primary N) is 1. The maximum atomic E-state index is 13.6. The van der Waals surface area contributed by atoms with Gasteiger partial charge in [-0.15, -0.1) is 0 Å². The molecule has 0 aliphatic heterocycles. The summed E-state index contributed by atoms with van der Waals surface area (Å²) >= 11 is 0. The van der Waals surface area contributed by atoms with Crippen molar-refractivity contribution in [3.63, 3.8) is 0 Å². The van der Waals surface area contributed by atoms with Crippen molar-refractivity contribution in [2.24, 2.45) is 0 Å². The molecule has 0 aliphatic carbocycles. The maximum Gasteiger partial charge on any atom is 0.325 e. The van der Waals surface area contributed by atoms with E-state index < -0.39 is 5.97 Å². The van der Waals surface area contributed by atoms with E-state index in [1.807, 2.05) is 0 Å². The van der Waals surface area contributed by atoms with Crippen LogP contribution in [-0.4, -0.2) is 24.6 Å². The Hall–Kier alpha value is -2.37. The van der Waals surface area contributed by atoms with Gasteiger partial charge in [-0.3, -0.25) is 4.79 Å². The van der Waals surface area contributed by atoms with Gasteiger partial charge in [0.15, 0.2) is 0 Å². The highest BCUT2D eigenvalue weighted by Crippen LogP contribution is 2.28. The first-order valence-corrected chi connectivity index (χ1v) is 5.27. The Labute approximate surface area is 103 Å². The maximum absolute atomic E-state index is 13.6. The third-order valence-electron chi connectivity index (χ3n) is 2.53. The number of methoxy groups -OCH3 is 1. The Balaban J connectivity index is 2.45. The summed E-state index contributed by atoms with van der Waals surface area (Å²) in [5.41, 5.74) is 6.20. The second kappa shape index (κ2) is 4.87. The number of carbonyl (C=O) groups excluding carboxylic acids is 1. The molecule has 0 saturated heterocycles. The number of nitrogens with one attached hydrogen (secondary N) is 1. The molecular formula is C12H12FN3O2. The van der Waals surface area contributed by atoms with Crippen LogP contribution in [0, 0.1) is 5.82 Å². The van der Waals surface area contributed by atoms with Crippen LogP contribution < -0.4 is 11.1 Å². The summed E-state index contributed by atoms with van der Waals surface area (Å²) in [6.45, 7) is -0.0570. The highest BCUT2D eigenvalue weighted by Gasteiger charge is 2.10. The van der Waals surface area contributed by atoms with Crippen LogP contribution in [0.25, 0.3) is 10.8 Å². The number of rotatable bonds is 3. The molecule has 0 bridgehead atoms. The van der Waals surface area contributed by atoms with E-state index in [1.165, 1.54) is 31.5 Å². The number of benzene rings is 1. The van der Waals surface area contributed by atoms with Gasteiger partial charge >= 0.3 is 5.97 Å². The van der Waals surface area contributed by atoms with Gasteiger partial charge in [-0.05, 0) is 18.2 Å². The van der Waals surface area contributed by atoms with Crippen molar-refractivity contribution in [3.05, 3.63) is 30.2 Å². The molecule has 18 heavy (non-hydrogen) atoms. The molecule has 3 N–H and O–H groups in total. The Morgan fingerprint density at radius 2 is 2.28 bits per heavy atom. The zero-order chi connectivity index (χ0) is 13.1. The summed E-state index contributed by atoms with van der Waals surface area (Å²) in [6, 6.07) is 4.29. The van der Waals surface area contributed by atoms with Crippen molar-refractivity contribution >= 4 is 28.2 Å². The molecule has 0 radical (unpaired) electrons. The summed E-state index contributed by atoms with van der Waals surface area (Å²) in [5, 5.41) is 3.59. The van der Waals surface area contributed by atoms with Gasteiger partial charge in [0, 0.05) is 17.3 Å². The van der Waals surface area contributed by atoms with Crippen molar-refractivity contribution in [1.82, 2.24) is 4.98 Å². The fraction of sp³-hybridized carbons (Fsp3) is 0.167. The number of hydrogen-bond acceptors (Lipinski definition) is 5. The van der Waals surface area contributed by atoms with E-state index in [9.17, 15) is 9.18 Å². The molecule has 1 heterocycles. The minimum atomic E-state index is -0.441. The normalized spacial score (nSPS) is 10.3. The van der Waals surface area contributed by atoms with Crippen molar-refractivity contribution in [3.8, 4) is 0 Å². The number of ether oxygens (including phenoxy) is 1. The lowest BCUT2D eigenvalue weighted by Gasteiger charge is -2.10. The predicted octanol–water partition coefficient (Wildman–Crippen LogP) is 1.54. The summed E-state index contributed by atoms with van der Waals surface area (Å²) < 4.78 is 18.1. The number of anilines is 2. The summed E-state index contributed by atoms with van der Waals surface area (Å²) in [4.78, 5) is 15.1. The standard InChI is InChI=1S/C12H12FN3O2/c1-18-10(17)6-16-12-11-7(4-5-15-12)8(13)2-3-9(11)14/h2-5H,6,14H2,1H3,(H,15,16). The minimum Gasteiger partial charge on any atom is -0.468 e. The van der Waals surface area contributed by atoms with Crippen LogP contribution in [-0.2, 0) is 9.53 Å². The third kappa shape index (κ3) is 2.17. The van der Waals surface area contributed by atoms with Crippen LogP contribution in [0.5, 0.6) is 0 Å². The van der Waals surface area contributed by atoms with E-state index in [-0.39, 0.29) is 12.4 Å². The van der Waals surface area contributed by atoms with Crippen LogP contribution in [0.2, 0.25) is 0 Å². The van der Waals surface area contributed by atoms with Gasteiger partial charge in [-0.25, -0.2) is 9.37 Å². The molecule has 0 aliphatic rings. The zero-order valence-corrected chi connectivity index (χ0v) is 9.74. The minimum absolute atomic E-state index is 0.0570. The Morgan fingerprint density at radius 1 is 1.50 bits per heavy atom. The third-order valence-corrected chi connectivity index (χ3v) is 2.53. The number of esters is 1. The Bertz CT molecular complexity index is 601. The smallest absolute Gasteiger partial charge is 0.325 e. The fourth-order valence-corrected chi connectivity index (χ4v) is 1.65. The highest BCUT2D eigenvalue weighted by atomic mass is 19.1. The van der Waals surface area contributed by atoms with Crippen molar-refractivity contribution in [1.29, 1.82) is 0 Å².